The largest absolute Gasteiger partial charge is 0.352 e. The van der Waals surface area contributed by atoms with Gasteiger partial charge in [-0.15, -0.1) is 24.0 Å². The van der Waals surface area contributed by atoms with Crippen LogP contribution in [0.2, 0.25) is 5.02 Å². The van der Waals surface area contributed by atoms with Gasteiger partial charge in [0.15, 0.2) is 5.96 Å². The van der Waals surface area contributed by atoms with E-state index < -0.39 is 0 Å². The Bertz CT molecular complexity index is 723. The third kappa shape index (κ3) is 6.02. The highest BCUT2D eigenvalue weighted by Gasteiger charge is 2.07. The van der Waals surface area contributed by atoms with Gasteiger partial charge in [-0.25, -0.2) is 0 Å². The Balaban J connectivity index is 0.00000288. The van der Waals surface area contributed by atoms with Gasteiger partial charge >= 0.3 is 0 Å². The molecule has 2 aromatic carbocycles. The second-order valence-electron chi connectivity index (χ2n) is 5.20. The van der Waals surface area contributed by atoms with E-state index in [0.29, 0.717) is 18.7 Å². The summed E-state index contributed by atoms with van der Waals surface area (Å²) >= 11 is 6.02. The van der Waals surface area contributed by atoms with Crippen molar-refractivity contribution >= 4 is 41.5 Å². The van der Waals surface area contributed by atoms with Crippen LogP contribution in [-0.4, -0.2) is 25.0 Å². The van der Waals surface area contributed by atoms with Crippen LogP contribution < -0.4 is 5.32 Å². The van der Waals surface area contributed by atoms with E-state index in [1.54, 1.807) is 7.05 Å². The minimum Gasteiger partial charge on any atom is -0.352 e. The number of nitrogens with one attached hydrogen (secondary N) is 1. The normalized spacial score (nSPS) is 10.5. The Hall–Kier alpha value is -1.78. The first-order valence-corrected chi connectivity index (χ1v) is 7.65. The van der Waals surface area contributed by atoms with Crippen molar-refractivity contribution in [3.8, 4) is 6.07 Å². The van der Waals surface area contributed by atoms with Crippen LogP contribution in [0, 0.1) is 11.3 Å². The lowest BCUT2D eigenvalue weighted by atomic mass is 10.1. The van der Waals surface area contributed by atoms with Crippen LogP contribution in [0.3, 0.4) is 0 Å². The number of hydrogen-bond donors (Lipinski definition) is 1. The van der Waals surface area contributed by atoms with Gasteiger partial charge < -0.3 is 10.2 Å². The van der Waals surface area contributed by atoms with Gasteiger partial charge in [-0.2, -0.15) is 5.26 Å². The average molecular weight is 455 g/mol. The van der Waals surface area contributed by atoms with Gasteiger partial charge in [0.2, 0.25) is 0 Å². The molecule has 0 aliphatic rings. The minimum absolute atomic E-state index is 0. The summed E-state index contributed by atoms with van der Waals surface area (Å²) in [6, 6.07) is 17.4. The predicted molar refractivity (Wildman–Crippen MR) is 110 cm³/mol. The molecule has 2 rings (SSSR count). The van der Waals surface area contributed by atoms with Crippen molar-refractivity contribution in [2.45, 2.75) is 13.1 Å². The lowest BCUT2D eigenvalue weighted by Crippen LogP contribution is -2.38. The van der Waals surface area contributed by atoms with Crippen LogP contribution in [-0.2, 0) is 13.1 Å². The molecule has 24 heavy (non-hydrogen) atoms. The first kappa shape index (κ1) is 20.3. The molecule has 0 amide bonds. The summed E-state index contributed by atoms with van der Waals surface area (Å²) in [7, 11) is 3.74. The van der Waals surface area contributed by atoms with Crippen molar-refractivity contribution < 1.29 is 0 Å². The van der Waals surface area contributed by atoms with Crippen molar-refractivity contribution in [3.05, 3.63) is 70.2 Å². The van der Waals surface area contributed by atoms with Gasteiger partial charge in [-0.1, -0.05) is 35.9 Å². The summed E-state index contributed by atoms with van der Waals surface area (Å²) in [5.74, 6) is 0.800. The number of guanidine groups is 1. The number of aliphatic imine (C=N–C) groups is 1. The Kier molecular flexibility index (Phi) is 8.58. The van der Waals surface area contributed by atoms with Gasteiger partial charge in [-0.05, 0) is 35.4 Å². The molecule has 0 radical (unpaired) electrons. The summed E-state index contributed by atoms with van der Waals surface area (Å²) in [6.45, 7) is 1.37. The van der Waals surface area contributed by atoms with Gasteiger partial charge in [0, 0.05) is 32.2 Å². The summed E-state index contributed by atoms with van der Waals surface area (Å²) in [5.41, 5.74) is 2.89. The van der Waals surface area contributed by atoms with Crippen molar-refractivity contribution in [2.24, 2.45) is 4.99 Å². The predicted octanol–water partition coefficient (Wildman–Crippen LogP) is 4.04. The Morgan fingerprint density at radius 2 is 1.92 bits per heavy atom. The van der Waals surface area contributed by atoms with Crippen LogP contribution in [0.1, 0.15) is 16.7 Å². The SMILES string of the molecule is CN=C(NCc1ccc(C#N)cc1)N(C)Cc1cccc(Cl)c1.I. The van der Waals surface area contributed by atoms with Crippen LogP contribution in [0.4, 0.5) is 0 Å². The number of benzene rings is 2. The fraction of sp³-hybridized carbons (Fsp3) is 0.222. The van der Waals surface area contributed by atoms with Crippen LogP contribution in [0.15, 0.2) is 53.5 Å². The van der Waals surface area contributed by atoms with Crippen molar-refractivity contribution in [1.29, 1.82) is 5.26 Å². The zero-order valence-corrected chi connectivity index (χ0v) is 16.7. The molecule has 0 fully saturated rings. The lowest BCUT2D eigenvalue weighted by molar-refractivity contribution is 0.476. The molecule has 126 valence electrons. The number of nitriles is 1. The third-order valence-corrected chi connectivity index (χ3v) is 3.65. The van der Waals surface area contributed by atoms with E-state index in [1.165, 1.54) is 0 Å². The molecule has 6 heteroatoms. The molecule has 0 aliphatic heterocycles. The lowest BCUT2D eigenvalue weighted by Gasteiger charge is -2.22. The molecular formula is C18H20ClIN4. The molecule has 0 saturated heterocycles. The van der Waals surface area contributed by atoms with E-state index in [9.17, 15) is 0 Å². The Labute approximate surface area is 165 Å². The van der Waals surface area contributed by atoms with E-state index in [-0.39, 0.29) is 24.0 Å². The maximum absolute atomic E-state index is 8.82. The van der Waals surface area contributed by atoms with E-state index in [1.807, 2.05) is 60.5 Å². The van der Waals surface area contributed by atoms with Crippen molar-refractivity contribution in [2.75, 3.05) is 14.1 Å². The standard InChI is InChI=1S/C18H19ClN4.HI/c1-21-18(22-12-15-8-6-14(11-20)7-9-15)23(2)13-16-4-3-5-17(19)10-16;/h3-10H,12-13H2,1-2H3,(H,21,22);1H. The molecule has 0 bridgehead atoms. The fourth-order valence-electron chi connectivity index (χ4n) is 2.25. The van der Waals surface area contributed by atoms with E-state index in [2.05, 4.69) is 16.4 Å². The zero-order chi connectivity index (χ0) is 16.7. The molecule has 0 aliphatic carbocycles. The molecule has 2 aromatic rings. The van der Waals surface area contributed by atoms with Crippen LogP contribution in [0.25, 0.3) is 0 Å². The maximum Gasteiger partial charge on any atom is 0.193 e. The highest BCUT2D eigenvalue weighted by Crippen LogP contribution is 2.12. The van der Waals surface area contributed by atoms with E-state index >= 15 is 0 Å². The van der Waals surface area contributed by atoms with Crippen molar-refractivity contribution in [1.82, 2.24) is 10.2 Å². The second kappa shape index (κ2) is 10.2. The van der Waals surface area contributed by atoms with E-state index in [4.69, 9.17) is 16.9 Å². The number of hydrogen-bond acceptors (Lipinski definition) is 2. The summed E-state index contributed by atoms with van der Waals surface area (Å²) in [6.07, 6.45) is 0. The second-order valence-corrected chi connectivity index (χ2v) is 5.63. The first-order chi connectivity index (χ1) is 11.1. The summed E-state index contributed by atoms with van der Waals surface area (Å²) in [4.78, 5) is 6.34. The molecule has 4 nitrogen and oxygen atoms in total. The summed E-state index contributed by atoms with van der Waals surface area (Å²) < 4.78 is 0. The molecule has 0 saturated carbocycles. The average Bonchev–Trinajstić information content (AvgIpc) is 2.56. The third-order valence-electron chi connectivity index (χ3n) is 3.42. The highest BCUT2D eigenvalue weighted by molar-refractivity contribution is 14.0. The van der Waals surface area contributed by atoms with E-state index in [0.717, 1.165) is 22.1 Å². The smallest absolute Gasteiger partial charge is 0.193 e. The van der Waals surface area contributed by atoms with Crippen molar-refractivity contribution in [3.63, 3.8) is 0 Å². The number of nitrogens with zero attached hydrogens (tertiary/aromatic N) is 3. The summed E-state index contributed by atoms with van der Waals surface area (Å²) in [5, 5.41) is 12.9. The quantitative estimate of drug-likeness (QED) is 0.431. The van der Waals surface area contributed by atoms with Crippen LogP contribution >= 0.6 is 35.6 Å². The molecular weight excluding hydrogens is 435 g/mol. The van der Waals surface area contributed by atoms with Gasteiger partial charge in [0.25, 0.3) is 0 Å². The highest BCUT2D eigenvalue weighted by atomic mass is 127. The number of rotatable bonds is 4. The monoisotopic (exact) mass is 454 g/mol. The Morgan fingerprint density at radius 3 is 2.50 bits per heavy atom. The minimum atomic E-state index is 0. The number of halogens is 2. The van der Waals surface area contributed by atoms with Gasteiger partial charge in [-0.3, -0.25) is 4.99 Å². The fourth-order valence-corrected chi connectivity index (χ4v) is 2.46. The Morgan fingerprint density at radius 1 is 1.21 bits per heavy atom. The van der Waals surface area contributed by atoms with Crippen LogP contribution in [0.5, 0.6) is 0 Å². The molecule has 0 atom stereocenters. The molecule has 0 aromatic heterocycles. The molecule has 0 heterocycles. The molecule has 0 unspecified atom stereocenters. The zero-order valence-electron chi connectivity index (χ0n) is 13.7. The molecule has 0 spiro atoms. The van der Waals surface area contributed by atoms with Gasteiger partial charge in [0.1, 0.15) is 0 Å². The first-order valence-electron chi connectivity index (χ1n) is 7.27. The molecule has 1 N–H and O–H groups in total. The maximum atomic E-state index is 8.82. The topological polar surface area (TPSA) is 51.4 Å². The van der Waals surface area contributed by atoms with Gasteiger partial charge in [0.05, 0.1) is 11.6 Å².